The summed E-state index contributed by atoms with van der Waals surface area (Å²) in [6.45, 7) is 3.05. The summed E-state index contributed by atoms with van der Waals surface area (Å²) in [7, 11) is 0. The van der Waals surface area contributed by atoms with E-state index in [0.29, 0.717) is 18.4 Å². The standard InChI is InChI=1S/C21H18N2O3S/c24-18-13-17(23-9-11-25-12-10-23)14-5-1-2-6-15(14)20(18)27-21-22-16-7-3-4-8-19(16)26-21/h1-8,13,24H,9-12H2. The van der Waals surface area contributed by atoms with Crippen molar-refractivity contribution in [3.8, 4) is 5.75 Å². The third-order valence-corrected chi connectivity index (χ3v) is 5.75. The second-order valence-electron chi connectivity index (χ2n) is 6.44. The molecular formula is C21H18N2O3S. The average molecular weight is 378 g/mol. The van der Waals surface area contributed by atoms with Gasteiger partial charge < -0.3 is 19.2 Å². The second-order valence-corrected chi connectivity index (χ2v) is 7.40. The second kappa shape index (κ2) is 6.79. The molecule has 4 aromatic rings. The van der Waals surface area contributed by atoms with Crippen LogP contribution in [-0.2, 0) is 4.74 Å². The number of fused-ring (bicyclic) bond motifs is 2. The molecular weight excluding hydrogens is 360 g/mol. The molecule has 0 unspecified atom stereocenters. The van der Waals surface area contributed by atoms with E-state index in [2.05, 4.69) is 16.0 Å². The number of hydrogen-bond acceptors (Lipinski definition) is 6. The van der Waals surface area contributed by atoms with Crippen LogP contribution < -0.4 is 4.90 Å². The van der Waals surface area contributed by atoms with Gasteiger partial charge in [-0.3, -0.25) is 0 Å². The Labute approximate surface area is 160 Å². The molecule has 0 aliphatic carbocycles. The van der Waals surface area contributed by atoms with Gasteiger partial charge in [0.15, 0.2) is 5.58 Å². The van der Waals surface area contributed by atoms with Gasteiger partial charge in [0.25, 0.3) is 5.22 Å². The number of rotatable bonds is 3. The molecule has 1 aliphatic rings. The van der Waals surface area contributed by atoms with Gasteiger partial charge in [-0.05, 0) is 23.9 Å². The first kappa shape index (κ1) is 16.5. The summed E-state index contributed by atoms with van der Waals surface area (Å²) in [5.74, 6) is 0.238. The molecule has 1 saturated heterocycles. The van der Waals surface area contributed by atoms with Crippen molar-refractivity contribution in [2.75, 3.05) is 31.2 Å². The van der Waals surface area contributed by atoms with Crippen LogP contribution in [0.1, 0.15) is 0 Å². The predicted octanol–water partition coefficient (Wildman–Crippen LogP) is 4.67. The molecule has 1 fully saturated rings. The topological polar surface area (TPSA) is 58.7 Å². The number of aromatic hydroxyl groups is 1. The Kier molecular flexibility index (Phi) is 4.14. The highest BCUT2D eigenvalue weighted by atomic mass is 32.2. The fourth-order valence-corrected chi connectivity index (χ4v) is 4.37. The Morgan fingerprint density at radius 2 is 1.70 bits per heavy atom. The van der Waals surface area contributed by atoms with Crippen molar-refractivity contribution in [3.63, 3.8) is 0 Å². The van der Waals surface area contributed by atoms with E-state index in [1.54, 1.807) is 0 Å². The van der Waals surface area contributed by atoms with Gasteiger partial charge in [-0.1, -0.05) is 36.4 Å². The molecule has 1 N–H and O–H groups in total. The van der Waals surface area contributed by atoms with Gasteiger partial charge in [-0.15, -0.1) is 0 Å². The summed E-state index contributed by atoms with van der Waals surface area (Å²) in [6, 6.07) is 17.7. The lowest BCUT2D eigenvalue weighted by molar-refractivity contribution is 0.123. The monoisotopic (exact) mass is 378 g/mol. The maximum atomic E-state index is 10.8. The molecule has 1 aromatic heterocycles. The zero-order valence-corrected chi connectivity index (χ0v) is 15.4. The van der Waals surface area contributed by atoms with Crippen LogP contribution in [0, 0.1) is 0 Å². The van der Waals surface area contributed by atoms with E-state index >= 15 is 0 Å². The third kappa shape index (κ3) is 3.01. The number of phenolic OH excluding ortho intramolecular Hbond substituents is 1. The number of aromatic nitrogens is 1. The minimum Gasteiger partial charge on any atom is -0.507 e. The highest BCUT2D eigenvalue weighted by Gasteiger charge is 2.20. The Morgan fingerprint density at radius 3 is 2.52 bits per heavy atom. The van der Waals surface area contributed by atoms with Crippen molar-refractivity contribution in [1.82, 2.24) is 4.98 Å². The molecule has 0 saturated carbocycles. The number of nitrogens with zero attached hydrogens (tertiary/aromatic N) is 2. The molecule has 0 amide bonds. The lowest BCUT2D eigenvalue weighted by atomic mass is 10.1. The normalized spacial score (nSPS) is 14.9. The van der Waals surface area contributed by atoms with Gasteiger partial charge in [-0.2, -0.15) is 0 Å². The van der Waals surface area contributed by atoms with Gasteiger partial charge in [0, 0.05) is 35.6 Å². The first-order chi connectivity index (χ1) is 13.3. The summed E-state index contributed by atoms with van der Waals surface area (Å²) < 4.78 is 11.3. The van der Waals surface area contributed by atoms with E-state index < -0.39 is 0 Å². The smallest absolute Gasteiger partial charge is 0.261 e. The van der Waals surface area contributed by atoms with Gasteiger partial charge >= 0.3 is 0 Å². The van der Waals surface area contributed by atoms with Gasteiger partial charge in [-0.25, -0.2) is 4.98 Å². The van der Waals surface area contributed by atoms with Crippen molar-refractivity contribution in [2.24, 2.45) is 0 Å². The number of anilines is 1. The van der Waals surface area contributed by atoms with Crippen LogP contribution in [0.5, 0.6) is 5.75 Å². The summed E-state index contributed by atoms with van der Waals surface area (Å²) in [4.78, 5) is 7.55. The molecule has 1 aliphatic heterocycles. The average Bonchev–Trinajstić information content (AvgIpc) is 3.13. The molecule has 0 atom stereocenters. The van der Waals surface area contributed by atoms with Crippen LogP contribution in [0.4, 0.5) is 5.69 Å². The summed E-state index contributed by atoms with van der Waals surface area (Å²) >= 11 is 1.35. The molecule has 3 aromatic carbocycles. The van der Waals surface area contributed by atoms with E-state index in [9.17, 15) is 5.11 Å². The van der Waals surface area contributed by atoms with Crippen LogP contribution in [-0.4, -0.2) is 36.4 Å². The van der Waals surface area contributed by atoms with E-state index in [1.165, 1.54) is 11.8 Å². The van der Waals surface area contributed by atoms with Crippen LogP contribution in [0.3, 0.4) is 0 Å². The summed E-state index contributed by atoms with van der Waals surface area (Å²) in [5, 5.41) is 13.4. The minimum atomic E-state index is 0.238. The Bertz CT molecular complexity index is 1090. The SMILES string of the molecule is Oc1cc(N2CCOCC2)c2ccccc2c1Sc1nc2ccccc2o1. The van der Waals surface area contributed by atoms with Crippen molar-refractivity contribution in [1.29, 1.82) is 0 Å². The number of phenols is 1. The number of para-hydroxylation sites is 2. The van der Waals surface area contributed by atoms with Gasteiger partial charge in [0.2, 0.25) is 0 Å². The zero-order valence-electron chi connectivity index (χ0n) is 14.6. The number of hydrogen-bond donors (Lipinski definition) is 1. The minimum absolute atomic E-state index is 0.238. The van der Waals surface area contributed by atoms with E-state index in [0.717, 1.165) is 45.5 Å². The van der Waals surface area contributed by atoms with Crippen LogP contribution in [0.25, 0.3) is 21.9 Å². The first-order valence-electron chi connectivity index (χ1n) is 8.90. The lowest BCUT2D eigenvalue weighted by Gasteiger charge is -2.30. The Hall–Kier alpha value is -2.70. The number of ether oxygens (including phenoxy) is 1. The zero-order chi connectivity index (χ0) is 18.2. The van der Waals surface area contributed by atoms with Gasteiger partial charge in [0.1, 0.15) is 11.3 Å². The van der Waals surface area contributed by atoms with Crippen molar-refractivity contribution < 1.29 is 14.3 Å². The number of morpholine rings is 1. The maximum Gasteiger partial charge on any atom is 0.261 e. The predicted molar refractivity (Wildman–Crippen MR) is 107 cm³/mol. The molecule has 5 rings (SSSR count). The lowest BCUT2D eigenvalue weighted by Crippen LogP contribution is -2.36. The molecule has 0 bridgehead atoms. The van der Waals surface area contributed by atoms with Crippen molar-refractivity contribution in [3.05, 3.63) is 54.6 Å². The number of oxazole rings is 1. The van der Waals surface area contributed by atoms with E-state index in [4.69, 9.17) is 9.15 Å². The first-order valence-corrected chi connectivity index (χ1v) is 9.72. The van der Waals surface area contributed by atoms with Gasteiger partial charge in [0.05, 0.1) is 18.1 Å². The molecule has 2 heterocycles. The molecule has 136 valence electrons. The van der Waals surface area contributed by atoms with E-state index in [1.807, 2.05) is 48.5 Å². The van der Waals surface area contributed by atoms with Crippen LogP contribution in [0.2, 0.25) is 0 Å². The van der Waals surface area contributed by atoms with Crippen LogP contribution >= 0.6 is 11.8 Å². The van der Waals surface area contributed by atoms with Crippen molar-refractivity contribution >= 4 is 39.3 Å². The summed E-state index contributed by atoms with van der Waals surface area (Å²) in [6.07, 6.45) is 0. The van der Waals surface area contributed by atoms with Crippen LogP contribution in [0.15, 0.2) is 69.1 Å². The third-order valence-electron chi connectivity index (χ3n) is 4.77. The number of benzene rings is 3. The fourth-order valence-electron chi connectivity index (χ4n) is 3.47. The van der Waals surface area contributed by atoms with E-state index in [-0.39, 0.29) is 5.75 Å². The maximum absolute atomic E-state index is 10.8. The molecule has 0 radical (unpaired) electrons. The Balaban J connectivity index is 1.61. The molecule has 27 heavy (non-hydrogen) atoms. The largest absolute Gasteiger partial charge is 0.507 e. The molecule has 6 heteroatoms. The highest BCUT2D eigenvalue weighted by molar-refractivity contribution is 7.99. The molecule has 0 spiro atoms. The van der Waals surface area contributed by atoms with Crippen molar-refractivity contribution in [2.45, 2.75) is 10.1 Å². The quantitative estimate of drug-likeness (QED) is 0.559. The molecule has 5 nitrogen and oxygen atoms in total. The Morgan fingerprint density at radius 1 is 0.963 bits per heavy atom. The summed E-state index contributed by atoms with van der Waals surface area (Å²) in [5.41, 5.74) is 2.59. The highest BCUT2D eigenvalue weighted by Crippen LogP contribution is 2.44. The fraction of sp³-hybridized carbons (Fsp3) is 0.190.